The number of nitrogens with two attached hydrogens (primary N) is 1. The molecule has 35 heavy (non-hydrogen) atoms. The number of hydrogen-bond donors (Lipinski definition) is 3. The van der Waals surface area contributed by atoms with Gasteiger partial charge in [-0.2, -0.15) is 0 Å². The number of carboxylic acid groups (broad SMARTS) is 2. The van der Waals surface area contributed by atoms with E-state index in [-0.39, 0.29) is 30.8 Å². The summed E-state index contributed by atoms with van der Waals surface area (Å²) in [6.45, 7) is 4.68. The van der Waals surface area contributed by atoms with E-state index < -0.39 is 23.9 Å². The average molecular weight is 490 g/mol. The van der Waals surface area contributed by atoms with Crippen LogP contribution in [0.2, 0.25) is 0 Å². The lowest BCUT2D eigenvalue weighted by Gasteiger charge is -2.57. The number of carboxylic acids is 2. The molecule has 4 aliphatic rings. The highest BCUT2D eigenvalue weighted by molar-refractivity contribution is 5.76. The van der Waals surface area contributed by atoms with E-state index in [1.165, 1.54) is 19.3 Å². The number of rotatable bonds is 9. The monoisotopic (exact) mass is 489 g/mol. The van der Waals surface area contributed by atoms with Crippen LogP contribution in [0.25, 0.3) is 0 Å². The molecule has 4 N–H and O–H groups in total. The first-order valence-corrected chi connectivity index (χ1v) is 13.7. The van der Waals surface area contributed by atoms with Gasteiger partial charge in [0.2, 0.25) is 0 Å². The molecule has 0 aromatic rings. The Morgan fingerprint density at radius 1 is 1.00 bits per heavy atom. The van der Waals surface area contributed by atoms with Crippen LogP contribution in [-0.4, -0.2) is 40.3 Å². The fourth-order valence-corrected chi connectivity index (χ4v) is 8.28. The van der Waals surface area contributed by atoms with Crippen molar-refractivity contribution in [3.8, 4) is 0 Å². The van der Waals surface area contributed by atoms with Gasteiger partial charge in [0.25, 0.3) is 0 Å². The minimum atomic E-state index is -0.954. The maximum atomic E-state index is 12.4. The predicted molar refractivity (Wildman–Crippen MR) is 131 cm³/mol. The van der Waals surface area contributed by atoms with Gasteiger partial charge in [0, 0.05) is 12.8 Å². The zero-order valence-corrected chi connectivity index (χ0v) is 21.2. The van der Waals surface area contributed by atoms with Crippen molar-refractivity contribution in [3.05, 3.63) is 12.2 Å². The second kappa shape index (κ2) is 10.6. The van der Waals surface area contributed by atoms with E-state index in [2.05, 4.69) is 26.0 Å². The zero-order valence-electron chi connectivity index (χ0n) is 21.2. The molecule has 0 spiro atoms. The van der Waals surface area contributed by atoms with Gasteiger partial charge in [-0.15, -0.1) is 0 Å². The molecule has 4 rings (SSSR count). The van der Waals surface area contributed by atoms with Crippen molar-refractivity contribution < 1.29 is 29.3 Å². The fraction of sp³-hybridized carbons (Fsp3) is 0.821. The molecule has 7 nitrogen and oxygen atoms in total. The van der Waals surface area contributed by atoms with Crippen LogP contribution >= 0.6 is 0 Å². The minimum absolute atomic E-state index is 0.106. The van der Waals surface area contributed by atoms with Gasteiger partial charge >= 0.3 is 17.9 Å². The molecular weight excluding hydrogens is 446 g/mol. The van der Waals surface area contributed by atoms with Crippen molar-refractivity contribution in [1.82, 2.24) is 0 Å². The number of carbonyl (C=O) groups excluding carboxylic acids is 1. The second-order valence-corrected chi connectivity index (χ2v) is 12.1. The highest BCUT2D eigenvalue weighted by Crippen LogP contribution is 2.62. The van der Waals surface area contributed by atoms with Crippen LogP contribution < -0.4 is 5.73 Å². The van der Waals surface area contributed by atoms with Gasteiger partial charge in [-0.05, 0) is 105 Å². The Bertz CT molecular complexity index is 841. The van der Waals surface area contributed by atoms with E-state index in [9.17, 15) is 14.4 Å². The highest BCUT2D eigenvalue weighted by Gasteiger charge is 2.55. The number of hydrogen-bond acceptors (Lipinski definition) is 5. The Morgan fingerprint density at radius 2 is 1.69 bits per heavy atom. The summed E-state index contributed by atoms with van der Waals surface area (Å²) in [5, 5.41) is 17.9. The van der Waals surface area contributed by atoms with Crippen LogP contribution in [0.3, 0.4) is 0 Å². The highest BCUT2D eigenvalue weighted by atomic mass is 16.5. The number of esters is 1. The van der Waals surface area contributed by atoms with Gasteiger partial charge in [0.1, 0.15) is 12.1 Å². The molecule has 0 aromatic heterocycles. The Balaban J connectivity index is 1.37. The Kier molecular flexibility index (Phi) is 7.94. The van der Waals surface area contributed by atoms with Crippen LogP contribution in [0.4, 0.5) is 0 Å². The molecule has 4 aliphatic carbocycles. The molecule has 0 heterocycles. The third kappa shape index (κ3) is 5.45. The average Bonchev–Trinajstić information content (AvgIpc) is 3.25. The van der Waals surface area contributed by atoms with Crippen LogP contribution in [-0.2, 0) is 19.1 Å². The predicted octanol–water partition coefficient (Wildman–Crippen LogP) is 4.64. The Labute approximate surface area is 208 Å². The number of carbonyl (C=O) groups is 3. The summed E-state index contributed by atoms with van der Waals surface area (Å²) < 4.78 is 5.75. The molecule has 0 aliphatic heterocycles. The van der Waals surface area contributed by atoms with Gasteiger partial charge < -0.3 is 20.7 Å². The first-order valence-electron chi connectivity index (χ1n) is 13.7. The van der Waals surface area contributed by atoms with Gasteiger partial charge in [0.15, 0.2) is 0 Å². The first kappa shape index (κ1) is 26.2. The van der Waals surface area contributed by atoms with E-state index in [4.69, 9.17) is 20.7 Å². The summed E-state index contributed by atoms with van der Waals surface area (Å²) in [7, 11) is 0. The SMILES string of the molecule is C[C@H](CCC(=O)O)C1CC[C@@H]2C1C=C[C@H]1[C@H]2CC[C@@H]2C[C@H](OC(=O)[C@@H](N)CCC(=O)O)CC[C@@]21C. The summed E-state index contributed by atoms with van der Waals surface area (Å²) in [5.41, 5.74) is 6.08. The molecule has 7 heteroatoms. The van der Waals surface area contributed by atoms with Crippen molar-refractivity contribution in [1.29, 1.82) is 0 Å². The lowest BCUT2D eigenvalue weighted by Crippen LogP contribution is -2.51. The molecule has 0 amide bonds. The molecular formula is C28H43NO6. The van der Waals surface area contributed by atoms with Crippen molar-refractivity contribution >= 4 is 17.9 Å². The molecule has 10 atom stereocenters. The molecule has 3 fully saturated rings. The molecule has 196 valence electrons. The van der Waals surface area contributed by atoms with Crippen LogP contribution in [0.15, 0.2) is 12.2 Å². The summed E-state index contributed by atoms with van der Waals surface area (Å²) >= 11 is 0. The lowest BCUT2D eigenvalue weighted by atomic mass is 9.48. The Hall–Kier alpha value is -1.89. The summed E-state index contributed by atoms with van der Waals surface area (Å²) in [6, 6.07) is -0.874. The quantitative estimate of drug-likeness (QED) is 0.318. The van der Waals surface area contributed by atoms with E-state index in [0.717, 1.165) is 32.1 Å². The van der Waals surface area contributed by atoms with Crippen molar-refractivity contribution in [3.63, 3.8) is 0 Å². The lowest BCUT2D eigenvalue weighted by molar-refractivity contribution is -0.158. The maximum Gasteiger partial charge on any atom is 0.323 e. The van der Waals surface area contributed by atoms with E-state index in [0.29, 0.717) is 41.4 Å². The molecule has 0 aromatic carbocycles. The third-order valence-corrected chi connectivity index (χ3v) is 10.3. The van der Waals surface area contributed by atoms with Gasteiger partial charge in [0.05, 0.1) is 0 Å². The second-order valence-electron chi connectivity index (χ2n) is 12.1. The molecule has 0 saturated heterocycles. The molecule has 0 radical (unpaired) electrons. The van der Waals surface area contributed by atoms with Gasteiger partial charge in [-0.1, -0.05) is 26.0 Å². The molecule has 0 bridgehead atoms. The van der Waals surface area contributed by atoms with Gasteiger partial charge in [-0.25, -0.2) is 0 Å². The standard InChI is InChI=1S/C28H43NO6/c1-16(3-11-25(30)31)19-6-7-21-20(19)8-9-23-22(21)5-4-17-15-18(13-14-28(17,23)2)35-27(34)24(29)10-12-26(32)33/h8-9,16-24H,3-7,10-15,29H2,1-2H3,(H,30,31)(H,32,33)/t16-,17-,18-,19?,20?,21-,22+,23+,24+,28+/m1/s1. The van der Waals surface area contributed by atoms with Crippen LogP contribution in [0.5, 0.6) is 0 Å². The number of aliphatic carboxylic acids is 2. The van der Waals surface area contributed by atoms with E-state index in [1.54, 1.807) is 0 Å². The summed E-state index contributed by atoms with van der Waals surface area (Å²) in [6.07, 6.45) is 13.5. The normalized spacial score (nSPS) is 39.6. The first-order chi connectivity index (χ1) is 16.6. The largest absolute Gasteiger partial charge is 0.481 e. The van der Waals surface area contributed by atoms with E-state index >= 15 is 0 Å². The summed E-state index contributed by atoms with van der Waals surface area (Å²) in [4.78, 5) is 34.2. The molecule has 2 unspecified atom stereocenters. The Morgan fingerprint density at radius 3 is 2.40 bits per heavy atom. The fourth-order valence-electron chi connectivity index (χ4n) is 8.28. The summed E-state index contributed by atoms with van der Waals surface area (Å²) in [5.74, 6) is 2.00. The minimum Gasteiger partial charge on any atom is -0.481 e. The van der Waals surface area contributed by atoms with Crippen molar-refractivity contribution in [2.24, 2.45) is 52.6 Å². The molecule has 3 saturated carbocycles. The number of ether oxygens (including phenoxy) is 1. The smallest absolute Gasteiger partial charge is 0.323 e. The topological polar surface area (TPSA) is 127 Å². The van der Waals surface area contributed by atoms with Crippen molar-refractivity contribution in [2.75, 3.05) is 0 Å². The van der Waals surface area contributed by atoms with Crippen molar-refractivity contribution in [2.45, 2.75) is 96.6 Å². The zero-order chi connectivity index (χ0) is 25.3. The van der Waals surface area contributed by atoms with Crippen LogP contribution in [0.1, 0.15) is 84.5 Å². The number of fused-ring (bicyclic) bond motifs is 5. The maximum absolute atomic E-state index is 12.4. The van der Waals surface area contributed by atoms with Crippen LogP contribution in [0, 0.1) is 46.8 Å². The number of allylic oxidation sites excluding steroid dienone is 2. The van der Waals surface area contributed by atoms with Gasteiger partial charge in [-0.3, -0.25) is 14.4 Å². The third-order valence-electron chi connectivity index (χ3n) is 10.3. The van der Waals surface area contributed by atoms with E-state index in [1.807, 2.05) is 0 Å².